The molecule has 24 heavy (non-hydrogen) atoms. The molecular weight excluding hydrogens is 309 g/mol. The van der Waals surface area contributed by atoms with Crippen LogP contribution < -0.4 is 10.6 Å². The fourth-order valence-electron chi connectivity index (χ4n) is 3.24. The lowest BCUT2D eigenvalue weighted by Gasteiger charge is -2.24. The summed E-state index contributed by atoms with van der Waals surface area (Å²) in [6.07, 6.45) is 7.65. The van der Waals surface area contributed by atoms with E-state index in [1.807, 2.05) is 4.90 Å². The van der Waals surface area contributed by atoms with Gasteiger partial charge in [0.15, 0.2) is 0 Å². The lowest BCUT2D eigenvalue weighted by Crippen LogP contribution is -2.41. The van der Waals surface area contributed by atoms with Crippen molar-refractivity contribution in [2.45, 2.75) is 31.7 Å². The topological polar surface area (TPSA) is 61.4 Å². The van der Waals surface area contributed by atoms with E-state index in [1.165, 1.54) is 24.3 Å². The number of carbonyl (C=O) groups excluding carboxylic acids is 2. The van der Waals surface area contributed by atoms with E-state index in [4.69, 9.17) is 0 Å². The molecule has 6 heteroatoms. The molecule has 1 heterocycles. The van der Waals surface area contributed by atoms with Crippen LogP contribution in [-0.2, 0) is 4.79 Å². The summed E-state index contributed by atoms with van der Waals surface area (Å²) in [5, 5.41) is 5.55. The average molecular weight is 331 g/mol. The zero-order valence-electron chi connectivity index (χ0n) is 13.5. The summed E-state index contributed by atoms with van der Waals surface area (Å²) in [6.45, 7) is 1.23. The zero-order chi connectivity index (χ0) is 16.9. The van der Waals surface area contributed by atoms with Crippen LogP contribution in [0.4, 0.5) is 14.9 Å². The Balaban J connectivity index is 1.47. The third-order valence-electron chi connectivity index (χ3n) is 4.56. The molecule has 0 unspecified atom stereocenters. The summed E-state index contributed by atoms with van der Waals surface area (Å²) < 4.78 is 12.9. The number of amides is 3. The molecule has 1 aliphatic heterocycles. The van der Waals surface area contributed by atoms with Gasteiger partial charge in [0.1, 0.15) is 5.82 Å². The fourth-order valence-corrected chi connectivity index (χ4v) is 3.24. The minimum atomic E-state index is -0.344. The van der Waals surface area contributed by atoms with Crippen molar-refractivity contribution in [1.29, 1.82) is 0 Å². The van der Waals surface area contributed by atoms with Crippen LogP contribution in [0.3, 0.4) is 0 Å². The number of halogens is 1. The predicted molar refractivity (Wildman–Crippen MR) is 90.0 cm³/mol. The smallest absolute Gasteiger partial charge is 0.319 e. The SMILES string of the molecule is O=C(Nc1ccc(F)cc1)N[C@@H]1CCN(C(=O)[C@H]2CC=CCC2)C1. The molecule has 1 fully saturated rings. The van der Waals surface area contributed by atoms with Crippen molar-refractivity contribution in [2.24, 2.45) is 5.92 Å². The monoisotopic (exact) mass is 331 g/mol. The number of benzene rings is 1. The summed E-state index contributed by atoms with van der Waals surface area (Å²) in [7, 11) is 0. The first-order chi connectivity index (χ1) is 11.6. The minimum absolute atomic E-state index is 0.0477. The van der Waals surface area contributed by atoms with Crippen LogP contribution >= 0.6 is 0 Å². The zero-order valence-corrected chi connectivity index (χ0v) is 13.5. The molecule has 1 aliphatic carbocycles. The number of hydrogen-bond donors (Lipinski definition) is 2. The summed E-state index contributed by atoms with van der Waals surface area (Å²) in [5.41, 5.74) is 0.536. The van der Waals surface area contributed by atoms with Gasteiger partial charge in [0.2, 0.25) is 5.91 Å². The van der Waals surface area contributed by atoms with Gasteiger partial charge >= 0.3 is 6.03 Å². The molecule has 2 atom stereocenters. The van der Waals surface area contributed by atoms with Crippen molar-refractivity contribution < 1.29 is 14.0 Å². The highest BCUT2D eigenvalue weighted by Gasteiger charge is 2.31. The fraction of sp³-hybridized carbons (Fsp3) is 0.444. The normalized spacial score (nSPS) is 23.1. The lowest BCUT2D eigenvalue weighted by atomic mass is 9.93. The van der Waals surface area contributed by atoms with Crippen LogP contribution in [0.25, 0.3) is 0 Å². The second kappa shape index (κ2) is 7.47. The van der Waals surface area contributed by atoms with Crippen molar-refractivity contribution in [3.63, 3.8) is 0 Å². The van der Waals surface area contributed by atoms with E-state index in [1.54, 1.807) is 0 Å². The van der Waals surface area contributed by atoms with Gasteiger partial charge in [-0.1, -0.05) is 12.2 Å². The number of nitrogens with zero attached hydrogens (tertiary/aromatic N) is 1. The number of hydrogen-bond acceptors (Lipinski definition) is 2. The molecule has 0 saturated carbocycles. The summed E-state index contributed by atoms with van der Waals surface area (Å²) in [5.74, 6) is -0.0622. The number of anilines is 1. The Labute approximate surface area is 140 Å². The standard InChI is InChI=1S/C18H22FN3O2/c19-14-6-8-15(9-7-14)20-18(24)21-16-10-11-22(12-16)17(23)13-4-2-1-3-5-13/h1-2,6-9,13,16H,3-5,10-12H2,(H2,20,21,24)/t13-,16+/m0/s1. The van der Waals surface area contributed by atoms with E-state index in [0.717, 1.165) is 25.7 Å². The first-order valence-electron chi connectivity index (χ1n) is 8.38. The Morgan fingerprint density at radius 2 is 1.92 bits per heavy atom. The van der Waals surface area contributed by atoms with Gasteiger partial charge in [-0.25, -0.2) is 9.18 Å². The number of urea groups is 1. The maximum Gasteiger partial charge on any atom is 0.319 e. The molecule has 0 bridgehead atoms. The molecule has 5 nitrogen and oxygen atoms in total. The van der Waals surface area contributed by atoms with Crippen LogP contribution in [0.5, 0.6) is 0 Å². The third-order valence-corrected chi connectivity index (χ3v) is 4.56. The quantitative estimate of drug-likeness (QED) is 0.837. The van der Waals surface area contributed by atoms with E-state index in [9.17, 15) is 14.0 Å². The van der Waals surface area contributed by atoms with Gasteiger partial charge in [0.25, 0.3) is 0 Å². The molecule has 2 N–H and O–H groups in total. The highest BCUT2D eigenvalue weighted by atomic mass is 19.1. The minimum Gasteiger partial charge on any atom is -0.340 e. The van der Waals surface area contributed by atoms with Crippen LogP contribution in [0.15, 0.2) is 36.4 Å². The first kappa shape index (κ1) is 16.5. The molecule has 1 aromatic carbocycles. The van der Waals surface area contributed by atoms with E-state index in [2.05, 4.69) is 22.8 Å². The van der Waals surface area contributed by atoms with Gasteiger partial charge in [0.05, 0.1) is 0 Å². The first-order valence-corrected chi connectivity index (χ1v) is 8.38. The number of likely N-dealkylation sites (tertiary alicyclic amines) is 1. The average Bonchev–Trinajstić information content (AvgIpc) is 3.05. The number of allylic oxidation sites excluding steroid dienone is 2. The second-order valence-corrected chi connectivity index (χ2v) is 6.36. The second-order valence-electron chi connectivity index (χ2n) is 6.36. The third kappa shape index (κ3) is 4.13. The van der Waals surface area contributed by atoms with E-state index in [0.29, 0.717) is 18.8 Å². The van der Waals surface area contributed by atoms with Crippen LogP contribution in [0, 0.1) is 11.7 Å². The molecule has 0 aromatic heterocycles. The van der Waals surface area contributed by atoms with Crippen molar-refractivity contribution >= 4 is 17.6 Å². The Morgan fingerprint density at radius 3 is 2.62 bits per heavy atom. The molecule has 1 aromatic rings. The van der Waals surface area contributed by atoms with E-state index in [-0.39, 0.29) is 29.7 Å². The number of nitrogens with one attached hydrogen (secondary N) is 2. The Morgan fingerprint density at radius 1 is 1.12 bits per heavy atom. The maximum absolute atomic E-state index is 12.9. The Hall–Kier alpha value is -2.37. The molecule has 3 rings (SSSR count). The van der Waals surface area contributed by atoms with Gasteiger partial charge < -0.3 is 15.5 Å². The molecule has 0 radical (unpaired) electrons. The van der Waals surface area contributed by atoms with E-state index >= 15 is 0 Å². The number of rotatable bonds is 3. The largest absolute Gasteiger partial charge is 0.340 e. The van der Waals surface area contributed by atoms with E-state index < -0.39 is 0 Å². The molecule has 1 saturated heterocycles. The molecule has 3 amide bonds. The van der Waals surface area contributed by atoms with Gasteiger partial charge in [-0.15, -0.1) is 0 Å². The van der Waals surface area contributed by atoms with Crippen LogP contribution in [0.1, 0.15) is 25.7 Å². The van der Waals surface area contributed by atoms with Gasteiger partial charge in [-0.3, -0.25) is 4.79 Å². The summed E-state index contributed by atoms with van der Waals surface area (Å²) >= 11 is 0. The molecular formula is C18H22FN3O2. The highest BCUT2D eigenvalue weighted by molar-refractivity contribution is 5.89. The van der Waals surface area contributed by atoms with Crippen LogP contribution in [0.2, 0.25) is 0 Å². The Kier molecular flexibility index (Phi) is 5.13. The molecule has 2 aliphatic rings. The van der Waals surface area contributed by atoms with Crippen molar-refractivity contribution in [3.05, 3.63) is 42.2 Å². The lowest BCUT2D eigenvalue weighted by molar-refractivity contribution is -0.134. The van der Waals surface area contributed by atoms with Crippen molar-refractivity contribution in [2.75, 3.05) is 18.4 Å². The number of carbonyl (C=O) groups is 2. The van der Waals surface area contributed by atoms with Gasteiger partial charge in [-0.05, 0) is 49.9 Å². The molecule has 0 spiro atoms. The highest BCUT2D eigenvalue weighted by Crippen LogP contribution is 2.23. The maximum atomic E-state index is 12.9. The summed E-state index contributed by atoms with van der Waals surface area (Å²) in [6, 6.07) is 5.23. The summed E-state index contributed by atoms with van der Waals surface area (Å²) in [4.78, 5) is 26.3. The van der Waals surface area contributed by atoms with Gasteiger partial charge in [0, 0.05) is 30.7 Å². The van der Waals surface area contributed by atoms with Gasteiger partial charge in [-0.2, -0.15) is 0 Å². The Bertz CT molecular complexity index is 630. The van der Waals surface area contributed by atoms with Crippen molar-refractivity contribution in [1.82, 2.24) is 10.2 Å². The van der Waals surface area contributed by atoms with Crippen LogP contribution in [-0.4, -0.2) is 36.0 Å². The predicted octanol–water partition coefficient (Wildman–Crippen LogP) is 2.90. The van der Waals surface area contributed by atoms with Crippen molar-refractivity contribution in [3.8, 4) is 0 Å². The molecule has 128 valence electrons.